The Balaban J connectivity index is 1.36. The van der Waals surface area contributed by atoms with Crippen molar-refractivity contribution in [3.63, 3.8) is 0 Å². The Morgan fingerprint density at radius 2 is 1.21 bits per heavy atom. The van der Waals surface area contributed by atoms with Gasteiger partial charge in [0, 0.05) is 33.1 Å². The monoisotopic (exact) mass is 556 g/mol. The van der Waals surface area contributed by atoms with Gasteiger partial charge < -0.3 is 10.3 Å². The van der Waals surface area contributed by atoms with Crippen LogP contribution < -0.4 is 5.32 Å². The highest BCUT2D eigenvalue weighted by Crippen LogP contribution is 2.48. The number of rotatable bonds is 2. The number of aryl methyl sites for hydroxylation is 6. The van der Waals surface area contributed by atoms with Crippen LogP contribution in [0.5, 0.6) is 0 Å². The number of hydrogen-bond acceptors (Lipinski definition) is 1. The third-order valence-corrected chi connectivity index (χ3v) is 9.60. The molecule has 0 saturated heterocycles. The lowest BCUT2D eigenvalue weighted by molar-refractivity contribution is 0.925. The summed E-state index contributed by atoms with van der Waals surface area (Å²) < 4.78 is 0. The molecule has 210 valence electrons. The molecular weight excluding hydrogens is 520 g/mol. The highest BCUT2D eigenvalue weighted by atomic mass is 14.9. The number of hydrogen-bond donors (Lipinski definition) is 2. The average molecular weight is 557 g/mol. The standard InChI is InChI=1S/C41H36N2/c1-22-7-13-29-28(17-22)12-10-25(4)38(29)41-35-18-23(2)8-14-30(35)34-21-33(27(6)20-37(34)43-41)39-26(5)11-16-32-31-15-9-24(3)19-36(31)42-40(32)39/h7-21,41-43H,1-6H3. The molecule has 2 N–H and O–H groups in total. The maximum atomic E-state index is 4.04. The van der Waals surface area contributed by atoms with Gasteiger partial charge in [-0.25, -0.2) is 0 Å². The zero-order chi connectivity index (χ0) is 29.6. The van der Waals surface area contributed by atoms with E-state index in [9.17, 15) is 0 Å². The van der Waals surface area contributed by atoms with Crippen molar-refractivity contribution >= 4 is 38.3 Å². The highest BCUT2D eigenvalue weighted by Gasteiger charge is 2.29. The summed E-state index contributed by atoms with van der Waals surface area (Å²) in [6.07, 6.45) is 0. The van der Waals surface area contributed by atoms with E-state index in [0.717, 1.165) is 0 Å². The van der Waals surface area contributed by atoms with Crippen LogP contribution in [0.1, 0.15) is 50.5 Å². The molecule has 2 nitrogen and oxygen atoms in total. The molecule has 2 heteroatoms. The third kappa shape index (κ3) is 3.93. The lowest BCUT2D eigenvalue weighted by Crippen LogP contribution is -2.20. The zero-order valence-electron chi connectivity index (χ0n) is 25.7. The summed E-state index contributed by atoms with van der Waals surface area (Å²) in [5.74, 6) is 0. The van der Waals surface area contributed by atoms with Crippen LogP contribution in [-0.2, 0) is 0 Å². The van der Waals surface area contributed by atoms with E-state index in [-0.39, 0.29) is 6.04 Å². The second-order valence-corrected chi connectivity index (χ2v) is 12.8. The summed E-state index contributed by atoms with van der Waals surface area (Å²) in [6.45, 7) is 13.3. The van der Waals surface area contributed by atoms with E-state index in [2.05, 4.69) is 143 Å². The number of benzene rings is 6. The Morgan fingerprint density at radius 1 is 0.512 bits per heavy atom. The molecule has 1 atom stereocenters. The van der Waals surface area contributed by atoms with E-state index in [4.69, 9.17) is 0 Å². The molecule has 1 unspecified atom stereocenters. The first-order valence-electron chi connectivity index (χ1n) is 15.3. The van der Waals surface area contributed by atoms with Gasteiger partial charge >= 0.3 is 0 Å². The maximum Gasteiger partial charge on any atom is 0.0782 e. The molecule has 1 aromatic heterocycles. The normalized spacial score (nSPS) is 14.2. The first kappa shape index (κ1) is 25.9. The fourth-order valence-corrected chi connectivity index (χ4v) is 7.45. The molecule has 43 heavy (non-hydrogen) atoms. The SMILES string of the molecule is Cc1ccc2c(c1)C(c1c(C)ccc3cc(C)ccc13)Nc1cc(C)c(-c3c(C)ccc4c3[nH]c3cc(C)ccc34)cc1-2. The minimum absolute atomic E-state index is 0.0705. The van der Waals surface area contributed by atoms with E-state index in [0.29, 0.717) is 0 Å². The van der Waals surface area contributed by atoms with E-state index in [1.165, 1.54) is 105 Å². The largest absolute Gasteiger partial charge is 0.374 e. The Kier molecular flexibility index (Phi) is 5.62. The molecule has 6 aromatic carbocycles. The summed E-state index contributed by atoms with van der Waals surface area (Å²) >= 11 is 0. The molecule has 0 bridgehead atoms. The van der Waals surface area contributed by atoms with Crippen LogP contribution in [0.25, 0.3) is 54.8 Å². The van der Waals surface area contributed by atoms with E-state index < -0.39 is 0 Å². The van der Waals surface area contributed by atoms with Crippen molar-refractivity contribution in [1.29, 1.82) is 0 Å². The smallest absolute Gasteiger partial charge is 0.0782 e. The van der Waals surface area contributed by atoms with Gasteiger partial charge in [-0.3, -0.25) is 0 Å². The van der Waals surface area contributed by atoms with Gasteiger partial charge in [-0.1, -0.05) is 83.9 Å². The molecule has 1 aliphatic heterocycles. The van der Waals surface area contributed by atoms with Crippen molar-refractivity contribution in [3.8, 4) is 22.3 Å². The molecule has 0 saturated carbocycles. The quantitative estimate of drug-likeness (QED) is 0.218. The minimum atomic E-state index is 0.0705. The summed E-state index contributed by atoms with van der Waals surface area (Å²) in [7, 11) is 0. The van der Waals surface area contributed by atoms with Crippen molar-refractivity contribution < 1.29 is 0 Å². The molecule has 7 aromatic rings. The van der Waals surface area contributed by atoms with E-state index >= 15 is 0 Å². The summed E-state index contributed by atoms with van der Waals surface area (Å²) in [6, 6.07) is 34.5. The highest BCUT2D eigenvalue weighted by molar-refractivity contribution is 6.13. The van der Waals surface area contributed by atoms with Crippen LogP contribution in [0.3, 0.4) is 0 Å². The van der Waals surface area contributed by atoms with Crippen LogP contribution in [0, 0.1) is 41.5 Å². The lowest BCUT2D eigenvalue weighted by atomic mass is 9.81. The topological polar surface area (TPSA) is 27.8 Å². The molecular formula is C41H36N2. The van der Waals surface area contributed by atoms with Gasteiger partial charge in [0.1, 0.15) is 0 Å². The van der Waals surface area contributed by atoms with Crippen LogP contribution in [0.4, 0.5) is 5.69 Å². The van der Waals surface area contributed by atoms with Crippen molar-refractivity contribution in [1.82, 2.24) is 4.98 Å². The average Bonchev–Trinajstić information content (AvgIpc) is 3.34. The predicted molar refractivity (Wildman–Crippen MR) is 185 cm³/mol. The Hall–Kier alpha value is -4.82. The Morgan fingerprint density at radius 3 is 2.05 bits per heavy atom. The summed E-state index contributed by atoms with van der Waals surface area (Å²) in [5, 5.41) is 9.22. The van der Waals surface area contributed by atoms with Crippen LogP contribution in [0.15, 0.2) is 91.0 Å². The second kappa shape index (κ2) is 9.34. The molecule has 0 amide bonds. The molecule has 0 fully saturated rings. The Labute approximate surface area is 253 Å². The first-order valence-corrected chi connectivity index (χ1v) is 15.3. The maximum absolute atomic E-state index is 4.04. The third-order valence-electron chi connectivity index (χ3n) is 9.60. The first-order chi connectivity index (χ1) is 20.8. The molecule has 0 spiro atoms. The van der Waals surface area contributed by atoms with Crippen LogP contribution in [-0.4, -0.2) is 4.98 Å². The van der Waals surface area contributed by atoms with Gasteiger partial charge in [-0.05, 0) is 115 Å². The zero-order valence-corrected chi connectivity index (χ0v) is 25.7. The van der Waals surface area contributed by atoms with Crippen molar-refractivity contribution in [2.24, 2.45) is 0 Å². The van der Waals surface area contributed by atoms with Crippen LogP contribution in [0.2, 0.25) is 0 Å². The molecule has 8 rings (SSSR count). The number of nitrogens with one attached hydrogen (secondary N) is 2. The summed E-state index contributed by atoms with van der Waals surface area (Å²) in [4.78, 5) is 3.80. The minimum Gasteiger partial charge on any atom is -0.374 e. The lowest BCUT2D eigenvalue weighted by Gasteiger charge is -2.33. The summed E-state index contributed by atoms with van der Waals surface area (Å²) in [5.41, 5.74) is 19.2. The van der Waals surface area contributed by atoms with Crippen molar-refractivity contribution in [2.75, 3.05) is 5.32 Å². The number of H-pyrrole nitrogens is 1. The van der Waals surface area contributed by atoms with Gasteiger partial charge in [-0.15, -0.1) is 0 Å². The van der Waals surface area contributed by atoms with E-state index in [1.54, 1.807) is 0 Å². The van der Waals surface area contributed by atoms with Gasteiger partial charge in [0.15, 0.2) is 0 Å². The van der Waals surface area contributed by atoms with Gasteiger partial charge in [-0.2, -0.15) is 0 Å². The number of anilines is 1. The van der Waals surface area contributed by atoms with Gasteiger partial charge in [0.2, 0.25) is 0 Å². The molecule has 0 radical (unpaired) electrons. The van der Waals surface area contributed by atoms with Crippen molar-refractivity contribution in [2.45, 2.75) is 47.6 Å². The van der Waals surface area contributed by atoms with E-state index in [1.807, 2.05) is 0 Å². The molecule has 2 heterocycles. The number of fused-ring (bicyclic) bond motifs is 7. The fraction of sp³-hybridized carbons (Fsp3) is 0.171. The van der Waals surface area contributed by atoms with Crippen molar-refractivity contribution in [3.05, 3.63) is 136 Å². The fourth-order valence-electron chi connectivity index (χ4n) is 7.45. The van der Waals surface area contributed by atoms with Crippen LogP contribution >= 0.6 is 0 Å². The predicted octanol–water partition coefficient (Wildman–Crippen LogP) is 11.2. The second-order valence-electron chi connectivity index (χ2n) is 12.8. The number of aromatic nitrogens is 1. The molecule has 1 aliphatic rings. The number of aromatic amines is 1. The molecule has 0 aliphatic carbocycles. The van der Waals surface area contributed by atoms with Gasteiger partial charge in [0.05, 0.1) is 11.6 Å². The Bertz CT molecular complexity index is 2280. The van der Waals surface area contributed by atoms with Gasteiger partial charge in [0.25, 0.3) is 0 Å².